The van der Waals surface area contributed by atoms with Crippen molar-refractivity contribution in [2.75, 3.05) is 6.54 Å². The van der Waals surface area contributed by atoms with Gasteiger partial charge in [-0.2, -0.15) is 0 Å². The summed E-state index contributed by atoms with van der Waals surface area (Å²) >= 11 is 5.62. The summed E-state index contributed by atoms with van der Waals surface area (Å²) in [5.74, 6) is -4.12. The molecule has 0 spiro atoms. The Hall–Kier alpha value is -3.12. The van der Waals surface area contributed by atoms with E-state index in [1.165, 1.54) is 15.8 Å². The van der Waals surface area contributed by atoms with Crippen molar-refractivity contribution in [3.05, 3.63) is 46.2 Å². The molecule has 10 nitrogen and oxygen atoms in total. The van der Waals surface area contributed by atoms with Crippen LogP contribution in [0.5, 0.6) is 0 Å². The van der Waals surface area contributed by atoms with Crippen molar-refractivity contribution in [3.8, 4) is 0 Å². The first-order valence-corrected chi connectivity index (χ1v) is 13.4. The van der Waals surface area contributed by atoms with Gasteiger partial charge in [0.2, 0.25) is 11.8 Å². The van der Waals surface area contributed by atoms with Crippen molar-refractivity contribution >= 4 is 29.3 Å². The van der Waals surface area contributed by atoms with Crippen molar-refractivity contribution in [2.24, 2.45) is 11.7 Å². The van der Waals surface area contributed by atoms with E-state index in [0.29, 0.717) is 17.8 Å². The Morgan fingerprint density at radius 1 is 1.21 bits per heavy atom. The Balaban J connectivity index is 1.62. The molecule has 1 saturated carbocycles. The quantitative estimate of drug-likeness (QED) is 0.419. The smallest absolute Gasteiger partial charge is 0.255 e. The van der Waals surface area contributed by atoms with Crippen LogP contribution in [-0.4, -0.2) is 61.4 Å². The highest BCUT2D eigenvalue weighted by molar-refractivity contribution is 6.30. The number of amides is 3. The number of hydrogen-bond donors (Lipinski definition) is 3. The average molecular weight is 567 g/mol. The van der Waals surface area contributed by atoms with E-state index in [4.69, 9.17) is 17.3 Å². The van der Waals surface area contributed by atoms with Crippen LogP contribution in [0.1, 0.15) is 80.9 Å². The Labute approximate surface area is 229 Å². The second-order valence-corrected chi connectivity index (χ2v) is 11.3. The normalized spacial score (nSPS) is 21.1. The standard InChI is InChI=1S/C26H33ClF2N6O4/c1-26(2,39)22-12-31-33-35(22)15-9-21(23(30)36)34(13-15)25(38)20(8-14-6-4-3-5-7-14)32-24(37)16-10-19(29)17(27)11-18(16)28/h10-12,14-15,20-21,39H,3-9,13H2,1-2H3,(H2,30,36)(H,32,37)/t15?,20-,21?/m1/s1. The van der Waals surface area contributed by atoms with Crippen LogP contribution in [0.2, 0.25) is 5.02 Å². The lowest BCUT2D eigenvalue weighted by Crippen LogP contribution is -2.53. The van der Waals surface area contributed by atoms with Gasteiger partial charge in [0.15, 0.2) is 0 Å². The molecule has 2 fully saturated rings. The molecule has 1 aromatic carbocycles. The summed E-state index contributed by atoms with van der Waals surface area (Å²) in [6.07, 6.45) is 6.59. The van der Waals surface area contributed by atoms with Crippen molar-refractivity contribution < 1.29 is 28.3 Å². The van der Waals surface area contributed by atoms with Crippen molar-refractivity contribution in [2.45, 2.75) is 82.5 Å². The Morgan fingerprint density at radius 3 is 2.54 bits per heavy atom. The summed E-state index contributed by atoms with van der Waals surface area (Å²) in [5.41, 5.74) is 4.21. The van der Waals surface area contributed by atoms with E-state index in [1.54, 1.807) is 13.8 Å². The molecule has 0 radical (unpaired) electrons. The van der Waals surface area contributed by atoms with Crippen molar-refractivity contribution in [1.82, 2.24) is 25.2 Å². The number of nitrogens with zero attached hydrogens (tertiary/aromatic N) is 4. The van der Waals surface area contributed by atoms with E-state index in [9.17, 15) is 28.3 Å². The van der Waals surface area contributed by atoms with Gasteiger partial charge >= 0.3 is 0 Å². The predicted molar refractivity (Wildman–Crippen MR) is 137 cm³/mol. The third-order valence-electron chi connectivity index (χ3n) is 7.59. The molecule has 2 heterocycles. The van der Waals surface area contributed by atoms with Gasteiger partial charge in [-0.25, -0.2) is 13.5 Å². The number of aromatic nitrogens is 3. The van der Waals surface area contributed by atoms with Gasteiger partial charge in [0.25, 0.3) is 5.91 Å². The fraction of sp³-hybridized carbons (Fsp3) is 0.577. The van der Waals surface area contributed by atoms with Gasteiger partial charge in [0, 0.05) is 13.0 Å². The minimum atomic E-state index is -1.28. The number of likely N-dealkylation sites (tertiary alicyclic amines) is 1. The first-order chi connectivity index (χ1) is 18.4. The van der Waals surface area contributed by atoms with E-state index >= 15 is 0 Å². The third kappa shape index (κ3) is 6.38. The summed E-state index contributed by atoms with van der Waals surface area (Å²) in [7, 11) is 0. The molecule has 4 rings (SSSR count). The fourth-order valence-electron chi connectivity index (χ4n) is 5.57. The molecule has 2 aromatic rings. The van der Waals surface area contributed by atoms with Crippen LogP contribution >= 0.6 is 11.6 Å². The molecular weight excluding hydrogens is 534 g/mol. The summed E-state index contributed by atoms with van der Waals surface area (Å²) < 4.78 is 30.0. The van der Waals surface area contributed by atoms with Gasteiger partial charge in [0.05, 0.1) is 28.5 Å². The Morgan fingerprint density at radius 2 is 1.90 bits per heavy atom. The molecule has 1 aliphatic heterocycles. The van der Waals surface area contributed by atoms with Gasteiger partial charge in [-0.15, -0.1) is 5.10 Å². The third-order valence-corrected chi connectivity index (χ3v) is 7.88. The molecule has 2 unspecified atom stereocenters. The molecule has 212 valence electrons. The van der Waals surface area contributed by atoms with Crippen LogP contribution in [-0.2, 0) is 15.2 Å². The first kappa shape index (κ1) is 28.9. The number of nitrogens with two attached hydrogens (primary N) is 1. The average Bonchev–Trinajstić information content (AvgIpc) is 3.53. The maximum Gasteiger partial charge on any atom is 0.255 e. The van der Waals surface area contributed by atoms with Crippen molar-refractivity contribution in [1.29, 1.82) is 0 Å². The molecule has 2 aliphatic rings. The van der Waals surface area contributed by atoms with Crippen LogP contribution in [0.15, 0.2) is 18.3 Å². The highest BCUT2D eigenvalue weighted by atomic mass is 35.5. The van der Waals surface area contributed by atoms with E-state index in [0.717, 1.165) is 32.1 Å². The van der Waals surface area contributed by atoms with E-state index in [-0.39, 0.29) is 25.3 Å². The summed E-state index contributed by atoms with van der Waals surface area (Å²) in [6, 6.07) is -1.23. The second-order valence-electron chi connectivity index (χ2n) is 10.9. The number of carbonyl (C=O) groups is 3. The van der Waals surface area contributed by atoms with Crippen LogP contribution in [0, 0.1) is 17.6 Å². The second kappa shape index (κ2) is 11.5. The largest absolute Gasteiger partial charge is 0.384 e. The number of aliphatic hydroxyl groups is 1. The number of benzene rings is 1. The zero-order valence-corrected chi connectivity index (χ0v) is 22.6. The van der Waals surface area contributed by atoms with Gasteiger partial charge in [-0.05, 0) is 38.3 Å². The maximum absolute atomic E-state index is 14.5. The summed E-state index contributed by atoms with van der Waals surface area (Å²) in [4.78, 5) is 40.7. The number of hydrogen-bond acceptors (Lipinski definition) is 6. The Bertz CT molecular complexity index is 1240. The molecule has 13 heteroatoms. The molecule has 1 aliphatic carbocycles. The molecule has 0 bridgehead atoms. The minimum absolute atomic E-state index is 0.0276. The van der Waals surface area contributed by atoms with Crippen LogP contribution < -0.4 is 11.1 Å². The SMILES string of the molecule is CC(C)(O)c1cnnn1C1CC(C(N)=O)N(C(=O)[C@@H](CC2CCCCC2)NC(=O)c2cc(F)c(Cl)cc2F)C1. The fourth-order valence-corrected chi connectivity index (χ4v) is 5.72. The molecule has 1 aromatic heterocycles. The van der Waals surface area contributed by atoms with Crippen LogP contribution in [0.25, 0.3) is 0 Å². The number of rotatable bonds is 8. The van der Waals surface area contributed by atoms with E-state index in [2.05, 4.69) is 15.6 Å². The van der Waals surface area contributed by atoms with Crippen molar-refractivity contribution in [3.63, 3.8) is 0 Å². The summed E-state index contributed by atoms with van der Waals surface area (Å²) in [5, 5.41) is 20.6. The van der Waals surface area contributed by atoms with Crippen LogP contribution in [0.4, 0.5) is 8.78 Å². The van der Waals surface area contributed by atoms with Gasteiger partial charge < -0.3 is 21.1 Å². The topological polar surface area (TPSA) is 143 Å². The highest BCUT2D eigenvalue weighted by Crippen LogP contribution is 2.33. The summed E-state index contributed by atoms with van der Waals surface area (Å²) in [6.45, 7) is 3.17. The van der Waals surface area contributed by atoms with E-state index < -0.39 is 63.7 Å². The lowest BCUT2D eigenvalue weighted by Gasteiger charge is -2.31. The predicted octanol–water partition coefficient (Wildman–Crippen LogP) is 2.83. The lowest BCUT2D eigenvalue weighted by molar-refractivity contribution is -0.139. The monoisotopic (exact) mass is 566 g/mol. The molecule has 1 saturated heterocycles. The number of carbonyl (C=O) groups excluding carboxylic acids is 3. The highest BCUT2D eigenvalue weighted by Gasteiger charge is 2.44. The van der Waals surface area contributed by atoms with Gasteiger partial charge in [-0.1, -0.05) is 48.9 Å². The van der Waals surface area contributed by atoms with E-state index in [1.807, 2.05) is 0 Å². The number of halogens is 3. The first-order valence-electron chi connectivity index (χ1n) is 13.0. The lowest BCUT2D eigenvalue weighted by atomic mass is 9.84. The molecule has 3 atom stereocenters. The number of nitrogens with one attached hydrogen (secondary N) is 1. The van der Waals surface area contributed by atoms with Gasteiger partial charge in [0.1, 0.15) is 29.3 Å². The van der Waals surface area contributed by atoms with Gasteiger partial charge in [-0.3, -0.25) is 14.4 Å². The molecule has 3 amide bonds. The molecular formula is C26H33ClF2N6O4. The Kier molecular flexibility index (Phi) is 8.55. The zero-order chi connectivity index (χ0) is 28.5. The molecule has 4 N–H and O–H groups in total. The van der Waals surface area contributed by atoms with Crippen LogP contribution in [0.3, 0.4) is 0 Å². The zero-order valence-electron chi connectivity index (χ0n) is 21.9. The minimum Gasteiger partial charge on any atom is -0.384 e. The molecule has 39 heavy (non-hydrogen) atoms. The maximum atomic E-state index is 14.5. The number of primary amides is 1.